The van der Waals surface area contributed by atoms with E-state index in [9.17, 15) is 9.90 Å². The van der Waals surface area contributed by atoms with Crippen molar-refractivity contribution in [2.24, 2.45) is 0 Å². The van der Waals surface area contributed by atoms with Crippen molar-refractivity contribution in [1.29, 1.82) is 0 Å². The monoisotopic (exact) mass is 326 g/mol. The quantitative estimate of drug-likeness (QED) is 0.746. The van der Waals surface area contributed by atoms with Gasteiger partial charge >= 0.3 is 0 Å². The normalized spacial score (nSPS) is 13.5. The number of nitrogens with one attached hydrogen (secondary N) is 1. The summed E-state index contributed by atoms with van der Waals surface area (Å²) in [6.45, 7) is 3.43. The number of carbonyl (C=O) groups is 1. The fourth-order valence-corrected chi connectivity index (χ4v) is 2.30. The molecule has 0 saturated carbocycles. The van der Waals surface area contributed by atoms with E-state index in [1.807, 2.05) is 6.07 Å². The Bertz CT molecular complexity index is 837. The topological polar surface area (TPSA) is 93.2 Å². The van der Waals surface area contributed by atoms with Crippen LogP contribution in [0.3, 0.4) is 0 Å². The SMILES string of the molecule is Cc1ccc(C(C)(O)CNC(=O)c2cccc(-n3ccnn3)c2)o1. The highest BCUT2D eigenvalue weighted by Gasteiger charge is 2.27. The Labute approximate surface area is 138 Å². The molecule has 0 fully saturated rings. The maximum Gasteiger partial charge on any atom is 0.251 e. The van der Waals surface area contributed by atoms with Crippen LogP contribution in [0.25, 0.3) is 5.69 Å². The van der Waals surface area contributed by atoms with E-state index in [2.05, 4.69) is 15.6 Å². The van der Waals surface area contributed by atoms with Crippen molar-refractivity contribution in [2.75, 3.05) is 6.54 Å². The van der Waals surface area contributed by atoms with Crippen molar-refractivity contribution in [3.8, 4) is 5.69 Å². The Morgan fingerprint density at radius 2 is 2.21 bits per heavy atom. The first-order chi connectivity index (χ1) is 11.5. The number of hydrogen-bond acceptors (Lipinski definition) is 5. The van der Waals surface area contributed by atoms with Gasteiger partial charge in [-0.2, -0.15) is 0 Å². The van der Waals surface area contributed by atoms with Gasteiger partial charge in [0, 0.05) is 5.56 Å². The van der Waals surface area contributed by atoms with E-state index >= 15 is 0 Å². The summed E-state index contributed by atoms with van der Waals surface area (Å²) in [5, 5.41) is 20.8. The minimum absolute atomic E-state index is 0.0341. The Morgan fingerprint density at radius 3 is 2.88 bits per heavy atom. The van der Waals surface area contributed by atoms with Gasteiger partial charge in [0.15, 0.2) is 0 Å². The highest BCUT2D eigenvalue weighted by atomic mass is 16.4. The number of rotatable bonds is 5. The number of hydrogen-bond donors (Lipinski definition) is 2. The zero-order chi connectivity index (χ0) is 17.2. The van der Waals surface area contributed by atoms with Crippen LogP contribution in [0.5, 0.6) is 0 Å². The van der Waals surface area contributed by atoms with Gasteiger partial charge < -0.3 is 14.8 Å². The molecule has 0 radical (unpaired) electrons. The molecule has 124 valence electrons. The molecule has 3 rings (SSSR count). The maximum atomic E-state index is 12.4. The zero-order valence-corrected chi connectivity index (χ0v) is 13.4. The fourth-order valence-electron chi connectivity index (χ4n) is 2.30. The molecule has 1 unspecified atom stereocenters. The molecule has 2 N–H and O–H groups in total. The van der Waals surface area contributed by atoms with Crippen molar-refractivity contribution < 1.29 is 14.3 Å². The second kappa shape index (κ2) is 6.29. The average Bonchev–Trinajstić information content (AvgIpc) is 3.24. The Kier molecular flexibility index (Phi) is 4.18. The highest BCUT2D eigenvalue weighted by Crippen LogP contribution is 2.22. The molecule has 0 aliphatic rings. The van der Waals surface area contributed by atoms with Gasteiger partial charge in [0.05, 0.1) is 24.6 Å². The molecule has 0 spiro atoms. The van der Waals surface area contributed by atoms with Crippen molar-refractivity contribution in [2.45, 2.75) is 19.4 Å². The molecule has 1 atom stereocenters. The van der Waals surface area contributed by atoms with Gasteiger partial charge in [0.1, 0.15) is 17.1 Å². The zero-order valence-electron chi connectivity index (χ0n) is 13.4. The van der Waals surface area contributed by atoms with Crippen LogP contribution in [0, 0.1) is 6.92 Å². The summed E-state index contributed by atoms with van der Waals surface area (Å²) >= 11 is 0. The number of aryl methyl sites for hydroxylation is 1. The average molecular weight is 326 g/mol. The summed E-state index contributed by atoms with van der Waals surface area (Å²) in [7, 11) is 0. The van der Waals surface area contributed by atoms with Crippen molar-refractivity contribution in [3.63, 3.8) is 0 Å². The molecule has 2 heterocycles. The van der Waals surface area contributed by atoms with Crippen LogP contribution in [-0.2, 0) is 5.60 Å². The third-order valence-electron chi connectivity index (χ3n) is 3.66. The number of furan rings is 1. The summed E-state index contributed by atoms with van der Waals surface area (Å²) in [6.07, 6.45) is 3.26. The molecule has 0 saturated heterocycles. The molecular weight excluding hydrogens is 308 g/mol. The van der Waals surface area contributed by atoms with E-state index in [4.69, 9.17) is 4.42 Å². The van der Waals surface area contributed by atoms with E-state index in [0.29, 0.717) is 17.1 Å². The van der Waals surface area contributed by atoms with Crippen LogP contribution in [0.1, 0.15) is 28.8 Å². The molecule has 2 aromatic heterocycles. The third kappa shape index (κ3) is 3.36. The highest BCUT2D eigenvalue weighted by molar-refractivity contribution is 5.94. The molecule has 7 nitrogen and oxygen atoms in total. The molecule has 1 amide bonds. The molecule has 0 bridgehead atoms. The van der Waals surface area contributed by atoms with Crippen molar-refractivity contribution in [3.05, 3.63) is 65.9 Å². The minimum atomic E-state index is -1.28. The van der Waals surface area contributed by atoms with E-state index in [0.717, 1.165) is 5.69 Å². The van der Waals surface area contributed by atoms with Crippen LogP contribution in [0.15, 0.2) is 53.2 Å². The predicted octanol–water partition coefficient (Wildman–Crippen LogP) is 1.81. The Morgan fingerprint density at radius 1 is 1.38 bits per heavy atom. The van der Waals surface area contributed by atoms with E-state index in [1.54, 1.807) is 61.3 Å². The summed E-state index contributed by atoms with van der Waals surface area (Å²) in [6, 6.07) is 10.5. The standard InChI is InChI=1S/C17H18N4O3/c1-12-6-7-15(24-12)17(2,23)11-18-16(22)13-4-3-5-14(10-13)21-9-8-19-20-21/h3-10,23H,11H2,1-2H3,(H,18,22). The van der Waals surface area contributed by atoms with E-state index in [-0.39, 0.29) is 12.5 Å². The first-order valence-corrected chi connectivity index (χ1v) is 7.50. The lowest BCUT2D eigenvalue weighted by Gasteiger charge is -2.21. The van der Waals surface area contributed by atoms with Gasteiger partial charge in [0.2, 0.25) is 0 Å². The summed E-state index contributed by atoms with van der Waals surface area (Å²) in [5.74, 6) is 0.828. The summed E-state index contributed by atoms with van der Waals surface area (Å²) in [4.78, 5) is 12.4. The third-order valence-corrected chi connectivity index (χ3v) is 3.66. The Balaban J connectivity index is 1.70. The first kappa shape index (κ1) is 15.9. The van der Waals surface area contributed by atoms with Crippen LogP contribution >= 0.6 is 0 Å². The predicted molar refractivity (Wildman–Crippen MR) is 86.7 cm³/mol. The summed E-state index contributed by atoms with van der Waals surface area (Å²) < 4.78 is 7.00. The van der Waals surface area contributed by atoms with E-state index < -0.39 is 5.60 Å². The molecule has 24 heavy (non-hydrogen) atoms. The molecule has 1 aromatic carbocycles. The number of aliphatic hydroxyl groups is 1. The number of amides is 1. The lowest BCUT2D eigenvalue weighted by atomic mass is 10.0. The second-order valence-electron chi connectivity index (χ2n) is 5.76. The molecule has 0 aliphatic heterocycles. The smallest absolute Gasteiger partial charge is 0.251 e. The van der Waals surface area contributed by atoms with Crippen LogP contribution < -0.4 is 5.32 Å². The minimum Gasteiger partial charge on any atom is -0.463 e. The van der Waals surface area contributed by atoms with Gasteiger partial charge in [-0.1, -0.05) is 11.3 Å². The van der Waals surface area contributed by atoms with Crippen molar-refractivity contribution in [1.82, 2.24) is 20.3 Å². The molecule has 3 aromatic rings. The lowest BCUT2D eigenvalue weighted by Crippen LogP contribution is -2.38. The van der Waals surface area contributed by atoms with Crippen LogP contribution in [0.2, 0.25) is 0 Å². The van der Waals surface area contributed by atoms with Gasteiger partial charge in [-0.05, 0) is 44.2 Å². The van der Waals surface area contributed by atoms with Crippen molar-refractivity contribution >= 4 is 5.91 Å². The maximum absolute atomic E-state index is 12.4. The molecule has 7 heteroatoms. The molecular formula is C17H18N4O3. The number of benzene rings is 1. The number of nitrogens with zero attached hydrogens (tertiary/aromatic N) is 3. The van der Waals surface area contributed by atoms with Gasteiger partial charge in [-0.15, -0.1) is 5.10 Å². The number of carbonyl (C=O) groups excluding carboxylic acids is 1. The van der Waals surface area contributed by atoms with Gasteiger partial charge in [0.25, 0.3) is 5.91 Å². The Hall–Kier alpha value is -2.93. The van der Waals surface area contributed by atoms with Gasteiger partial charge in [-0.25, -0.2) is 4.68 Å². The largest absolute Gasteiger partial charge is 0.463 e. The fraction of sp³-hybridized carbons (Fsp3) is 0.235. The first-order valence-electron chi connectivity index (χ1n) is 7.50. The van der Waals surface area contributed by atoms with E-state index in [1.165, 1.54) is 0 Å². The molecule has 0 aliphatic carbocycles. The second-order valence-corrected chi connectivity index (χ2v) is 5.76. The summed E-state index contributed by atoms with van der Waals surface area (Å²) in [5.41, 5.74) is -0.0871. The number of aromatic nitrogens is 3. The van der Waals surface area contributed by atoms with Crippen LogP contribution in [-0.4, -0.2) is 32.6 Å². The lowest BCUT2D eigenvalue weighted by molar-refractivity contribution is 0.0323. The van der Waals surface area contributed by atoms with Gasteiger partial charge in [-0.3, -0.25) is 4.79 Å². The van der Waals surface area contributed by atoms with Crippen LogP contribution in [0.4, 0.5) is 0 Å².